The van der Waals surface area contributed by atoms with E-state index >= 15 is 0 Å². The summed E-state index contributed by atoms with van der Waals surface area (Å²) in [4.78, 5) is 36.9. The van der Waals surface area contributed by atoms with Crippen LogP contribution in [0, 0.1) is 0 Å². The fraction of sp³-hybridized carbons (Fsp3) is 0.646. The van der Waals surface area contributed by atoms with E-state index in [4.69, 9.17) is 18.9 Å². The Bertz CT molecular complexity index is 1210. The van der Waals surface area contributed by atoms with E-state index in [1.807, 2.05) is 21.1 Å². The number of esters is 2. The van der Waals surface area contributed by atoms with Gasteiger partial charge in [-0.1, -0.05) is 131 Å². The molecular weight excluding hydrogens is 719 g/mol. The summed E-state index contributed by atoms with van der Waals surface area (Å²) in [6, 6.07) is 0. The van der Waals surface area contributed by atoms with Crippen LogP contribution in [0.4, 0.5) is 0 Å². The minimum Gasteiger partial charge on any atom is -0.545 e. The molecule has 0 radical (unpaired) electrons. The van der Waals surface area contributed by atoms with Gasteiger partial charge < -0.3 is 33.3 Å². The Morgan fingerprint density at radius 1 is 0.526 bits per heavy atom. The van der Waals surface area contributed by atoms with Gasteiger partial charge >= 0.3 is 11.9 Å². The SMILES string of the molecule is CC/C=C\C/C=C\C/C=C\C/C=C\CCCCCCC(=O)OC(COC(=O)CCCCCCC/C=C\C/C=C\C/C=C\CC)COC(OCC[N+](C)(C)C)C(=O)[O-]. The van der Waals surface area contributed by atoms with E-state index in [9.17, 15) is 19.5 Å². The molecule has 324 valence electrons. The van der Waals surface area contributed by atoms with E-state index in [0.717, 1.165) is 103 Å². The number of hydrogen-bond acceptors (Lipinski definition) is 8. The van der Waals surface area contributed by atoms with Crippen molar-refractivity contribution in [3.63, 3.8) is 0 Å². The lowest BCUT2D eigenvalue weighted by Gasteiger charge is -2.26. The maximum absolute atomic E-state index is 12.7. The van der Waals surface area contributed by atoms with Gasteiger partial charge in [-0.25, -0.2) is 0 Å². The van der Waals surface area contributed by atoms with Crippen molar-refractivity contribution in [1.82, 2.24) is 0 Å². The number of carboxylic acids is 1. The Morgan fingerprint density at radius 3 is 1.40 bits per heavy atom. The third kappa shape index (κ3) is 40.5. The van der Waals surface area contributed by atoms with E-state index < -0.39 is 24.3 Å². The van der Waals surface area contributed by atoms with Crippen molar-refractivity contribution < 1.29 is 42.9 Å². The Kier molecular flexibility index (Phi) is 36.9. The average molecular weight is 798 g/mol. The van der Waals surface area contributed by atoms with E-state index in [1.54, 1.807) is 0 Å². The largest absolute Gasteiger partial charge is 0.545 e. The maximum Gasteiger partial charge on any atom is 0.306 e. The van der Waals surface area contributed by atoms with E-state index in [-0.39, 0.29) is 38.6 Å². The zero-order chi connectivity index (χ0) is 42.1. The Labute approximate surface area is 347 Å². The molecule has 0 aromatic heterocycles. The molecule has 9 heteroatoms. The average Bonchev–Trinajstić information content (AvgIpc) is 3.17. The topological polar surface area (TPSA) is 111 Å². The molecule has 2 unspecified atom stereocenters. The van der Waals surface area contributed by atoms with Crippen molar-refractivity contribution in [1.29, 1.82) is 0 Å². The number of aliphatic carboxylic acids is 1. The second-order valence-corrected chi connectivity index (χ2v) is 15.2. The molecule has 0 saturated heterocycles. The molecule has 0 aliphatic rings. The highest BCUT2D eigenvalue weighted by atomic mass is 16.7. The number of carboxylic acid groups (broad SMARTS) is 1. The number of nitrogens with zero attached hydrogens (tertiary/aromatic N) is 1. The van der Waals surface area contributed by atoms with Gasteiger partial charge in [0.2, 0.25) is 0 Å². The smallest absolute Gasteiger partial charge is 0.306 e. The van der Waals surface area contributed by atoms with Crippen molar-refractivity contribution in [3.05, 3.63) is 85.1 Å². The number of ether oxygens (including phenoxy) is 4. The summed E-state index contributed by atoms with van der Waals surface area (Å²) >= 11 is 0. The van der Waals surface area contributed by atoms with Gasteiger partial charge in [0.1, 0.15) is 13.2 Å². The summed E-state index contributed by atoms with van der Waals surface area (Å²) in [6.07, 6.45) is 46.1. The highest BCUT2D eigenvalue weighted by Crippen LogP contribution is 2.12. The number of quaternary nitrogens is 1. The second kappa shape index (κ2) is 39.3. The van der Waals surface area contributed by atoms with Crippen LogP contribution in [0.25, 0.3) is 0 Å². The van der Waals surface area contributed by atoms with Crippen LogP contribution < -0.4 is 5.11 Å². The number of allylic oxidation sites excluding steroid dienone is 14. The Morgan fingerprint density at radius 2 is 0.947 bits per heavy atom. The molecule has 0 aromatic rings. The zero-order valence-electron chi connectivity index (χ0n) is 36.4. The van der Waals surface area contributed by atoms with E-state index in [0.29, 0.717) is 23.9 Å². The lowest BCUT2D eigenvalue weighted by molar-refractivity contribution is -0.870. The van der Waals surface area contributed by atoms with E-state index in [1.165, 1.54) is 0 Å². The highest BCUT2D eigenvalue weighted by molar-refractivity contribution is 5.70. The fourth-order valence-electron chi connectivity index (χ4n) is 5.30. The predicted molar refractivity (Wildman–Crippen MR) is 232 cm³/mol. The number of carbonyl (C=O) groups excluding carboxylic acids is 3. The van der Waals surface area contributed by atoms with Gasteiger partial charge in [0, 0.05) is 12.8 Å². The van der Waals surface area contributed by atoms with Crippen LogP contribution in [0.15, 0.2) is 85.1 Å². The minimum absolute atomic E-state index is 0.135. The van der Waals surface area contributed by atoms with Gasteiger partial charge in [-0.2, -0.15) is 0 Å². The Hall–Kier alpha value is -3.53. The standard InChI is InChI=1S/C48H79NO8/c1-6-8-10-12-14-16-18-20-22-23-25-27-29-31-33-35-37-39-46(51)57-44(43-56-48(47(52)53)54-41-40-49(3,4)5)42-55-45(50)38-36-34-32-30-28-26-24-21-19-17-15-13-11-9-7-2/h8-11,14-17,20-22,24-25,27,44,48H,6-7,12-13,18-19,23,26,28-43H2,1-5H3/b10-8-,11-9-,16-14-,17-15-,22-20-,24-21-,27-25-. The lowest BCUT2D eigenvalue weighted by atomic mass is 10.1. The molecule has 0 aliphatic heterocycles. The number of carbonyl (C=O) groups is 3. The highest BCUT2D eigenvalue weighted by Gasteiger charge is 2.21. The summed E-state index contributed by atoms with van der Waals surface area (Å²) in [6.45, 7) is 4.43. The third-order valence-corrected chi connectivity index (χ3v) is 8.64. The molecule has 0 N–H and O–H groups in total. The molecule has 0 rings (SSSR count). The molecule has 0 bridgehead atoms. The van der Waals surface area contributed by atoms with Crippen LogP contribution in [0.2, 0.25) is 0 Å². The Balaban J connectivity index is 4.56. The van der Waals surface area contributed by atoms with Crippen LogP contribution in [0.3, 0.4) is 0 Å². The molecule has 2 atom stereocenters. The first-order valence-corrected chi connectivity index (χ1v) is 21.7. The summed E-state index contributed by atoms with van der Waals surface area (Å²) in [5.41, 5.74) is 0. The van der Waals surface area contributed by atoms with Crippen molar-refractivity contribution in [3.8, 4) is 0 Å². The van der Waals surface area contributed by atoms with Crippen LogP contribution in [-0.4, -0.2) is 82.3 Å². The number of hydrogen-bond donors (Lipinski definition) is 0. The summed E-state index contributed by atoms with van der Waals surface area (Å²) in [7, 11) is 5.88. The number of likely N-dealkylation sites (N-methyl/N-ethyl adjacent to an activating group) is 1. The maximum atomic E-state index is 12.7. The lowest BCUT2D eigenvalue weighted by Crippen LogP contribution is -2.44. The molecule has 0 aliphatic carbocycles. The molecule has 0 spiro atoms. The predicted octanol–water partition coefficient (Wildman–Crippen LogP) is 9.99. The minimum atomic E-state index is -1.64. The van der Waals surface area contributed by atoms with Gasteiger partial charge in [0.15, 0.2) is 12.4 Å². The van der Waals surface area contributed by atoms with Crippen molar-refractivity contribution in [2.75, 3.05) is 47.5 Å². The number of rotatable bonds is 38. The second-order valence-electron chi connectivity index (χ2n) is 15.2. The summed E-state index contributed by atoms with van der Waals surface area (Å²) in [5.74, 6) is -2.36. The van der Waals surface area contributed by atoms with Crippen molar-refractivity contribution in [2.45, 2.75) is 155 Å². The molecular formula is C48H79NO8. The first-order chi connectivity index (χ1) is 27.6. The molecule has 9 nitrogen and oxygen atoms in total. The third-order valence-electron chi connectivity index (χ3n) is 8.64. The number of unbranched alkanes of at least 4 members (excludes halogenated alkanes) is 9. The quantitative estimate of drug-likeness (QED) is 0.0200. The monoisotopic (exact) mass is 798 g/mol. The first kappa shape index (κ1) is 53.5. The van der Waals surface area contributed by atoms with Crippen LogP contribution >= 0.6 is 0 Å². The van der Waals surface area contributed by atoms with Gasteiger partial charge in [-0.3, -0.25) is 9.59 Å². The molecule has 0 saturated carbocycles. The van der Waals surface area contributed by atoms with Crippen LogP contribution in [0.1, 0.15) is 142 Å². The van der Waals surface area contributed by atoms with Crippen LogP contribution in [-0.2, 0) is 33.3 Å². The van der Waals surface area contributed by atoms with Gasteiger partial charge in [-0.05, 0) is 83.5 Å². The van der Waals surface area contributed by atoms with Crippen molar-refractivity contribution >= 4 is 17.9 Å². The van der Waals surface area contributed by atoms with Gasteiger partial charge in [0.05, 0.1) is 40.3 Å². The molecule has 57 heavy (non-hydrogen) atoms. The van der Waals surface area contributed by atoms with E-state index in [2.05, 4.69) is 98.9 Å². The molecule has 0 aromatic carbocycles. The fourth-order valence-corrected chi connectivity index (χ4v) is 5.30. The summed E-state index contributed by atoms with van der Waals surface area (Å²) in [5, 5.41) is 11.7. The van der Waals surface area contributed by atoms with Gasteiger partial charge in [-0.15, -0.1) is 0 Å². The molecule has 0 fully saturated rings. The van der Waals surface area contributed by atoms with Crippen LogP contribution in [0.5, 0.6) is 0 Å². The van der Waals surface area contributed by atoms with Gasteiger partial charge in [0.25, 0.3) is 0 Å². The molecule has 0 amide bonds. The molecule has 0 heterocycles. The normalized spacial score (nSPS) is 13.8. The van der Waals surface area contributed by atoms with Crippen molar-refractivity contribution in [2.24, 2.45) is 0 Å². The first-order valence-electron chi connectivity index (χ1n) is 21.7. The zero-order valence-corrected chi connectivity index (χ0v) is 36.4. The summed E-state index contributed by atoms with van der Waals surface area (Å²) < 4.78 is 22.5.